The van der Waals surface area contributed by atoms with Crippen LogP contribution in [-0.2, 0) is 14.3 Å². The van der Waals surface area contributed by atoms with E-state index in [1.54, 1.807) is 0 Å². The number of carboxylic acids is 1. The lowest BCUT2D eigenvalue weighted by molar-refractivity contribution is -0.186. The van der Waals surface area contributed by atoms with Gasteiger partial charge in [-0.1, -0.05) is 84.3 Å². The molecule has 0 aliphatic heterocycles. The molecule has 4 nitrogen and oxygen atoms in total. The fourth-order valence-electron chi connectivity index (χ4n) is 9.05. The minimum absolute atomic E-state index is 0.128. The highest BCUT2D eigenvalue weighted by Gasteiger charge is 2.84. The van der Waals surface area contributed by atoms with E-state index in [1.807, 2.05) is 0 Å². The molecule has 0 spiro atoms. The Kier molecular flexibility index (Phi) is 7.16. The summed E-state index contributed by atoms with van der Waals surface area (Å²) in [6.45, 7) is 9.95. The Hall–Kier alpha value is -1.16. The smallest absolute Gasteiger partial charge is 0.315 e. The van der Waals surface area contributed by atoms with Crippen LogP contribution in [0.3, 0.4) is 0 Å². The first-order valence-corrected chi connectivity index (χ1v) is 13.8. The van der Waals surface area contributed by atoms with Crippen LogP contribution in [0.2, 0.25) is 0 Å². The third-order valence-corrected chi connectivity index (χ3v) is 10.4. The van der Waals surface area contributed by atoms with E-state index in [2.05, 4.69) is 33.8 Å². The molecule has 0 amide bonds. The van der Waals surface area contributed by atoms with Gasteiger partial charge in [0, 0.05) is 12.0 Å². The first-order chi connectivity index (χ1) is 15.8. The predicted molar refractivity (Wildman–Crippen MR) is 131 cm³/mol. The number of aliphatic carboxylic acids is 1. The van der Waals surface area contributed by atoms with Crippen LogP contribution >= 0.6 is 0 Å². The molecule has 3 fully saturated rings. The number of carbonyl (C=O) groups excluding carboxylic acids is 1. The van der Waals surface area contributed by atoms with Gasteiger partial charge in [-0.15, -0.1) is 0 Å². The number of fused-ring (bicyclic) bond motifs is 2. The standard InChI is InChI=1S/C29H46O4/c1-5-6-7-8-9-10-11-14-33-19-28-17-23-21(4)12-13-24(23)27(18-30)16-22(28)15-25(20(2)3)29(27,28)26(31)32/h15,18,20-24H,5-14,16-17,19H2,1-4H3,(H,31,32)/t21?,22-,23?,24?,27-,28+,29+/m0/s1. The molecular weight excluding hydrogens is 412 g/mol. The Morgan fingerprint density at radius 3 is 2.48 bits per heavy atom. The van der Waals surface area contributed by atoms with Gasteiger partial charge in [0.1, 0.15) is 11.7 Å². The van der Waals surface area contributed by atoms with Gasteiger partial charge in [-0.2, -0.15) is 0 Å². The van der Waals surface area contributed by atoms with Crippen LogP contribution in [0.25, 0.3) is 0 Å². The summed E-state index contributed by atoms with van der Waals surface area (Å²) in [5, 5.41) is 11.0. The van der Waals surface area contributed by atoms with Crippen molar-refractivity contribution >= 4 is 12.3 Å². The molecule has 0 heterocycles. The molecule has 7 atom stereocenters. The average molecular weight is 459 g/mol. The molecule has 186 valence electrons. The summed E-state index contributed by atoms with van der Waals surface area (Å²) in [7, 11) is 0. The average Bonchev–Trinajstić information content (AvgIpc) is 3.35. The zero-order chi connectivity index (χ0) is 23.9. The molecule has 1 N–H and O–H groups in total. The van der Waals surface area contributed by atoms with E-state index in [9.17, 15) is 14.7 Å². The van der Waals surface area contributed by atoms with E-state index in [1.165, 1.54) is 38.5 Å². The number of rotatable bonds is 13. The van der Waals surface area contributed by atoms with Gasteiger partial charge in [0.05, 0.1) is 12.0 Å². The van der Waals surface area contributed by atoms with E-state index in [4.69, 9.17) is 4.74 Å². The van der Waals surface area contributed by atoms with Gasteiger partial charge in [0.25, 0.3) is 0 Å². The number of hydrogen-bond acceptors (Lipinski definition) is 3. The van der Waals surface area contributed by atoms with Gasteiger partial charge in [-0.3, -0.25) is 4.79 Å². The number of carboxylic acid groups (broad SMARTS) is 1. The Balaban J connectivity index is 1.57. The van der Waals surface area contributed by atoms with Crippen molar-refractivity contribution in [3.05, 3.63) is 11.6 Å². The molecule has 33 heavy (non-hydrogen) atoms. The van der Waals surface area contributed by atoms with Gasteiger partial charge >= 0.3 is 5.97 Å². The summed E-state index contributed by atoms with van der Waals surface area (Å²) >= 11 is 0. The molecule has 4 heteroatoms. The first-order valence-electron chi connectivity index (χ1n) is 13.8. The second kappa shape index (κ2) is 9.47. The summed E-state index contributed by atoms with van der Waals surface area (Å²) in [6.07, 6.45) is 15.8. The van der Waals surface area contributed by atoms with Crippen LogP contribution in [-0.4, -0.2) is 30.6 Å². The van der Waals surface area contributed by atoms with Crippen molar-refractivity contribution in [2.24, 2.45) is 45.8 Å². The molecule has 3 unspecified atom stereocenters. The van der Waals surface area contributed by atoms with Crippen LogP contribution in [0.5, 0.6) is 0 Å². The molecule has 0 radical (unpaired) electrons. The van der Waals surface area contributed by atoms with Crippen molar-refractivity contribution in [3.63, 3.8) is 0 Å². The topological polar surface area (TPSA) is 63.6 Å². The van der Waals surface area contributed by atoms with Crippen molar-refractivity contribution in [3.8, 4) is 0 Å². The van der Waals surface area contributed by atoms with Gasteiger partial charge < -0.3 is 14.6 Å². The minimum Gasteiger partial charge on any atom is -0.481 e. The summed E-state index contributed by atoms with van der Waals surface area (Å²) in [5.74, 6) is 0.696. The molecule has 4 rings (SSSR count). The molecule has 4 bridgehead atoms. The third-order valence-electron chi connectivity index (χ3n) is 10.4. The van der Waals surface area contributed by atoms with Crippen LogP contribution in [0.15, 0.2) is 11.6 Å². The van der Waals surface area contributed by atoms with Gasteiger partial charge in [-0.05, 0) is 55.3 Å². The molecule has 0 saturated heterocycles. The third kappa shape index (κ3) is 3.40. The molecular formula is C29H46O4. The number of unbranched alkanes of at least 4 members (excludes halogenated alkanes) is 6. The number of hydrogen-bond donors (Lipinski definition) is 1. The molecule has 4 aliphatic carbocycles. The maximum atomic E-state index is 13.4. The maximum absolute atomic E-state index is 13.4. The summed E-state index contributed by atoms with van der Waals surface area (Å²) < 4.78 is 6.37. The number of aldehydes is 1. The lowest BCUT2D eigenvalue weighted by atomic mass is 9.43. The van der Waals surface area contributed by atoms with E-state index in [-0.39, 0.29) is 17.8 Å². The second-order valence-electron chi connectivity index (χ2n) is 12.2. The number of ether oxygens (including phenoxy) is 1. The van der Waals surface area contributed by atoms with Crippen molar-refractivity contribution < 1.29 is 19.4 Å². The zero-order valence-electron chi connectivity index (χ0n) is 21.4. The van der Waals surface area contributed by atoms with E-state index >= 15 is 0 Å². The zero-order valence-corrected chi connectivity index (χ0v) is 21.4. The van der Waals surface area contributed by atoms with Crippen molar-refractivity contribution in [1.82, 2.24) is 0 Å². The maximum Gasteiger partial charge on any atom is 0.315 e. The molecule has 0 aromatic carbocycles. The lowest BCUT2D eigenvalue weighted by Crippen LogP contribution is -2.63. The molecule has 0 aromatic rings. The number of allylic oxidation sites excluding steroid dienone is 1. The van der Waals surface area contributed by atoms with Crippen LogP contribution in [0.1, 0.15) is 98.3 Å². The summed E-state index contributed by atoms with van der Waals surface area (Å²) in [5.41, 5.74) is -1.32. The Bertz CT molecular complexity index is 772. The fourth-order valence-corrected chi connectivity index (χ4v) is 9.05. The van der Waals surface area contributed by atoms with E-state index in [0.717, 1.165) is 37.5 Å². The summed E-state index contributed by atoms with van der Waals surface area (Å²) in [6, 6.07) is 0. The van der Waals surface area contributed by atoms with Crippen molar-refractivity contribution in [1.29, 1.82) is 0 Å². The molecule has 4 aliphatic rings. The Labute approximate surface area is 200 Å². The largest absolute Gasteiger partial charge is 0.481 e. The van der Waals surface area contributed by atoms with E-state index < -0.39 is 22.2 Å². The van der Waals surface area contributed by atoms with Crippen LogP contribution < -0.4 is 0 Å². The quantitative estimate of drug-likeness (QED) is 0.190. The minimum atomic E-state index is -1.09. The van der Waals surface area contributed by atoms with Gasteiger partial charge in [0.15, 0.2) is 0 Å². The van der Waals surface area contributed by atoms with Gasteiger partial charge in [0.2, 0.25) is 0 Å². The number of carbonyl (C=O) groups is 2. The van der Waals surface area contributed by atoms with E-state index in [0.29, 0.717) is 31.5 Å². The van der Waals surface area contributed by atoms with Crippen molar-refractivity contribution in [2.75, 3.05) is 13.2 Å². The lowest BCUT2D eigenvalue weighted by Gasteiger charge is -2.58. The van der Waals surface area contributed by atoms with Crippen molar-refractivity contribution in [2.45, 2.75) is 98.3 Å². The normalized spacial score (nSPS) is 40.8. The monoisotopic (exact) mass is 458 g/mol. The molecule has 0 aromatic heterocycles. The Morgan fingerprint density at radius 1 is 1.15 bits per heavy atom. The van der Waals surface area contributed by atoms with Crippen LogP contribution in [0.4, 0.5) is 0 Å². The Morgan fingerprint density at radius 2 is 1.85 bits per heavy atom. The SMILES string of the molecule is CCCCCCCCCOC[C@]12CC3C(C)CCC3[C@@]3(C=O)C[C@@H]1C=C(C(C)C)[C@]23C(=O)O. The second-order valence-corrected chi connectivity index (χ2v) is 12.2. The van der Waals surface area contributed by atoms with Gasteiger partial charge in [-0.25, -0.2) is 0 Å². The van der Waals surface area contributed by atoms with Crippen LogP contribution in [0, 0.1) is 45.8 Å². The summed E-state index contributed by atoms with van der Waals surface area (Å²) in [4.78, 5) is 26.3. The predicted octanol–water partition coefficient (Wildman–Crippen LogP) is 6.68. The highest BCUT2D eigenvalue weighted by molar-refractivity contribution is 5.90. The fraction of sp³-hybridized carbons (Fsp3) is 0.862. The first kappa shape index (κ1) is 24.9. The highest BCUT2D eigenvalue weighted by atomic mass is 16.5. The molecule has 3 saturated carbocycles. The highest BCUT2D eigenvalue weighted by Crippen LogP contribution is 2.82.